The van der Waals surface area contributed by atoms with Crippen molar-refractivity contribution in [3.63, 3.8) is 0 Å². The summed E-state index contributed by atoms with van der Waals surface area (Å²) in [7, 11) is 0. The fourth-order valence-electron chi connectivity index (χ4n) is 3.16. The molecule has 0 fully saturated rings. The molecule has 0 saturated heterocycles. The van der Waals surface area contributed by atoms with Crippen molar-refractivity contribution in [2.75, 3.05) is 0 Å². The Hall–Kier alpha value is -3.15. The van der Waals surface area contributed by atoms with Crippen molar-refractivity contribution in [1.29, 1.82) is 0 Å². The van der Waals surface area contributed by atoms with Crippen molar-refractivity contribution in [3.8, 4) is 0 Å². The molecule has 6 nitrogen and oxygen atoms in total. The van der Waals surface area contributed by atoms with E-state index in [0.29, 0.717) is 24.0 Å². The van der Waals surface area contributed by atoms with E-state index in [-0.39, 0.29) is 23.9 Å². The maximum Gasteiger partial charge on any atom is 0.331 e. The number of para-hydroxylation sites is 1. The number of benzene rings is 2. The zero-order valence-electron chi connectivity index (χ0n) is 16.4. The van der Waals surface area contributed by atoms with Gasteiger partial charge in [-0.2, -0.15) is 0 Å². The molecule has 0 aliphatic heterocycles. The zero-order chi connectivity index (χ0) is 20.3. The van der Waals surface area contributed by atoms with Crippen LogP contribution in [0.2, 0.25) is 0 Å². The van der Waals surface area contributed by atoms with E-state index in [1.54, 1.807) is 24.3 Å². The highest BCUT2D eigenvalue weighted by atomic mass is 16.2. The summed E-state index contributed by atoms with van der Waals surface area (Å²) in [6.07, 6.45) is 0. The number of nitrogens with zero attached hydrogens (tertiary/aromatic N) is 2. The minimum absolute atomic E-state index is 0.135. The Morgan fingerprint density at radius 3 is 2.36 bits per heavy atom. The first-order valence-electron chi connectivity index (χ1n) is 9.41. The molecule has 6 heteroatoms. The summed E-state index contributed by atoms with van der Waals surface area (Å²) in [5.74, 6) is -0.141. The predicted octanol–water partition coefficient (Wildman–Crippen LogP) is 2.44. The first-order valence-corrected chi connectivity index (χ1v) is 9.41. The van der Waals surface area contributed by atoms with E-state index in [1.807, 2.05) is 45.0 Å². The van der Waals surface area contributed by atoms with E-state index in [2.05, 4.69) is 5.32 Å². The molecule has 0 radical (unpaired) electrons. The van der Waals surface area contributed by atoms with Crippen molar-refractivity contribution in [1.82, 2.24) is 14.5 Å². The molecule has 0 saturated carbocycles. The lowest BCUT2D eigenvalue weighted by Gasteiger charge is -2.15. The van der Waals surface area contributed by atoms with Crippen LogP contribution in [0.4, 0.5) is 0 Å². The van der Waals surface area contributed by atoms with Gasteiger partial charge in [-0.1, -0.05) is 55.8 Å². The molecule has 2 aromatic carbocycles. The number of fused-ring (bicyclic) bond motifs is 1. The van der Waals surface area contributed by atoms with Crippen LogP contribution in [0.5, 0.6) is 0 Å². The van der Waals surface area contributed by atoms with Gasteiger partial charge in [-0.25, -0.2) is 4.79 Å². The first-order chi connectivity index (χ1) is 13.4. The van der Waals surface area contributed by atoms with E-state index in [0.717, 1.165) is 11.1 Å². The highest BCUT2D eigenvalue weighted by Gasteiger charge is 2.15. The minimum Gasteiger partial charge on any atom is -0.350 e. The van der Waals surface area contributed by atoms with Crippen LogP contribution >= 0.6 is 0 Å². The van der Waals surface area contributed by atoms with E-state index in [1.165, 1.54) is 9.13 Å². The molecule has 0 aliphatic rings. The van der Waals surface area contributed by atoms with Gasteiger partial charge in [-0.05, 0) is 30.5 Å². The van der Waals surface area contributed by atoms with Gasteiger partial charge in [0.25, 0.3) is 5.56 Å². The largest absolute Gasteiger partial charge is 0.350 e. The third-order valence-electron chi connectivity index (χ3n) is 4.59. The van der Waals surface area contributed by atoms with Crippen molar-refractivity contribution >= 4 is 16.8 Å². The summed E-state index contributed by atoms with van der Waals surface area (Å²) >= 11 is 0. The molecule has 1 aromatic heterocycles. The van der Waals surface area contributed by atoms with E-state index in [4.69, 9.17) is 0 Å². The van der Waals surface area contributed by atoms with Gasteiger partial charge in [0.2, 0.25) is 5.91 Å². The summed E-state index contributed by atoms with van der Waals surface area (Å²) in [6.45, 7) is 6.46. The molecule has 0 unspecified atom stereocenters. The standard InChI is InChI=1S/C22H25N3O3/c1-15(2)13-25-21(27)18-6-4-5-7-19(18)24(22(25)28)14-20(26)23-12-17-10-8-16(3)9-11-17/h4-11,15H,12-14H2,1-3H3,(H,23,26). The quantitative estimate of drug-likeness (QED) is 0.715. The summed E-state index contributed by atoms with van der Waals surface area (Å²) in [5, 5.41) is 3.29. The van der Waals surface area contributed by atoms with Gasteiger partial charge in [-0.15, -0.1) is 0 Å². The van der Waals surface area contributed by atoms with Crippen molar-refractivity contribution < 1.29 is 4.79 Å². The van der Waals surface area contributed by atoms with Gasteiger partial charge in [-0.3, -0.25) is 18.7 Å². The molecular weight excluding hydrogens is 354 g/mol. The third kappa shape index (κ3) is 4.22. The predicted molar refractivity (Wildman–Crippen MR) is 110 cm³/mol. The fraction of sp³-hybridized carbons (Fsp3) is 0.318. The molecule has 28 heavy (non-hydrogen) atoms. The van der Waals surface area contributed by atoms with Crippen molar-refractivity contribution in [2.45, 2.75) is 40.4 Å². The molecule has 3 rings (SSSR count). The smallest absolute Gasteiger partial charge is 0.331 e. The molecule has 1 amide bonds. The maximum absolute atomic E-state index is 12.9. The second-order valence-corrected chi connectivity index (χ2v) is 7.46. The Labute approximate surface area is 163 Å². The second-order valence-electron chi connectivity index (χ2n) is 7.46. The lowest BCUT2D eigenvalue weighted by atomic mass is 10.1. The molecular formula is C22H25N3O3. The molecule has 0 bridgehead atoms. The van der Waals surface area contributed by atoms with Crippen LogP contribution in [0.15, 0.2) is 58.1 Å². The number of hydrogen-bond donors (Lipinski definition) is 1. The van der Waals surface area contributed by atoms with Crippen LogP contribution in [0.3, 0.4) is 0 Å². The van der Waals surface area contributed by atoms with Crippen LogP contribution in [0.1, 0.15) is 25.0 Å². The van der Waals surface area contributed by atoms with E-state index in [9.17, 15) is 14.4 Å². The van der Waals surface area contributed by atoms with Gasteiger partial charge < -0.3 is 5.32 Å². The number of aryl methyl sites for hydroxylation is 1. The Kier molecular flexibility index (Phi) is 5.78. The normalized spacial score (nSPS) is 11.1. The zero-order valence-corrected chi connectivity index (χ0v) is 16.4. The van der Waals surface area contributed by atoms with Gasteiger partial charge in [0.1, 0.15) is 6.54 Å². The van der Waals surface area contributed by atoms with Crippen LogP contribution in [0.25, 0.3) is 10.9 Å². The van der Waals surface area contributed by atoms with Gasteiger partial charge in [0.05, 0.1) is 10.9 Å². The number of nitrogens with one attached hydrogen (secondary N) is 1. The van der Waals surface area contributed by atoms with Gasteiger partial charge in [0.15, 0.2) is 0 Å². The monoisotopic (exact) mass is 379 g/mol. The topological polar surface area (TPSA) is 73.1 Å². The molecule has 146 valence electrons. The van der Waals surface area contributed by atoms with E-state index < -0.39 is 5.69 Å². The average Bonchev–Trinajstić information content (AvgIpc) is 2.68. The van der Waals surface area contributed by atoms with Crippen LogP contribution in [-0.2, 0) is 24.4 Å². The van der Waals surface area contributed by atoms with Crippen LogP contribution in [-0.4, -0.2) is 15.0 Å². The highest BCUT2D eigenvalue weighted by molar-refractivity contribution is 5.81. The summed E-state index contributed by atoms with van der Waals surface area (Å²) in [5.41, 5.74) is 1.85. The summed E-state index contributed by atoms with van der Waals surface area (Å²) in [4.78, 5) is 38.2. The van der Waals surface area contributed by atoms with Crippen LogP contribution < -0.4 is 16.6 Å². The Bertz CT molecular complexity index is 1110. The molecule has 1 heterocycles. The number of amides is 1. The molecule has 3 aromatic rings. The Morgan fingerprint density at radius 1 is 1.00 bits per heavy atom. The van der Waals surface area contributed by atoms with E-state index >= 15 is 0 Å². The molecule has 1 N–H and O–H groups in total. The number of rotatable bonds is 6. The lowest BCUT2D eigenvalue weighted by Crippen LogP contribution is -2.43. The summed E-state index contributed by atoms with van der Waals surface area (Å²) in [6, 6.07) is 14.8. The fourth-order valence-corrected chi connectivity index (χ4v) is 3.16. The minimum atomic E-state index is -0.456. The van der Waals surface area contributed by atoms with Crippen molar-refractivity contribution in [2.24, 2.45) is 5.92 Å². The lowest BCUT2D eigenvalue weighted by molar-refractivity contribution is -0.121. The SMILES string of the molecule is Cc1ccc(CNC(=O)Cn2c(=O)n(CC(C)C)c(=O)c3ccccc32)cc1. The molecule has 0 spiro atoms. The van der Waals surface area contributed by atoms with Gasteiger partial charge in [0, 0.05) is 13.1 Å². The Morgan fingerprint density at radius 2 is 1.68 bits per heavy atom. The van der Waals surface area contributed by atoms with Crippen LogP contribution in [0, 0.1) is 12.8 Å². The number of carbonyl (C=O) groups is 1. The van der Waals surface area contributed by atoms with Gasteiger partial charge >= 0.3 is 5.69 Å². The maximum atomic E-state index is 12.9. The number of carbonyl (C=O) groups excluding carboxylic acids is 1. The molecule has 0 aliphatic carbocycles. The van der Waals surface area contributed by atoms with Crippen molar-refractivity contribution in [3.05, 3.63) is 80.5 Å². The Balaban J connectivity index is 1.91. The third-order valence-corrected chi connectivity index (χ3v) is 4.59. The second kappa shape index (κ2) is 8.25. The number of hydrogen-bond acceptors (Lipinski definition) is 3. The summed E-state index contributed by atoms with van der Waals surface area (Å²) < 4.78 is 2.60. The average molecular weight is 379 g/mol. The highest BCUT2D eigenvalue weighted by Crippen LogP contribution is 2.08. The number of aromatic nitrogens is 2. The molecule has 0 atom stereocenters. The first kappa shape index (κ1) is 19.6.